The number of para-hydroxylation sites is 1. The van der Waals surface area contributed by atoms with Gasteiger partial charge in [-0.25, -0.2) is 4.98 Å². The van der Waals surface area contributed by atoms with E-state index in [0.717, 1.165) is 15.8 Å². The van der Waals surface area contributed by atoms with Gasteiger partial charge in [0.05, 0.1) is 5.52 Å². The molecule has 3 heteroatoms. The molecule has 2 nitrogen and oxygen atoms in total. The number of hydrogen-bond acceptors (Lipinski definition) is 3. The summed E-state index contributed by atoms with van der Waals surface area (Å²) in [6.45, 7) is 0. The summed E-state index contributed by atoms with van der Waals surface area (Å²) < 4.78 is 0. The van der Waals surface area contributed by atoms with E-state index in [1.807, 2.05) is 30.5 Å². The van der Waals surface area contributed by atoms with Crippen molar-refractivity contribution >= 4 is 28.5 Å². The van der Waals surface area contributed by atoms with E-state index in [1.54, 1.807) is 11.8 Å². The normalized spacial score (nSPS) is 10.5. The Hall–Kier alpha value is -1.22. The maximum atomic E-state index is 5.77. The van der Waals surface area contributed by atoms with Crippen molar-refractivity contribution in [3.8, 4) is 0 Å². The van der Waals surface area contributed by atoms with Crippen molar-refractivity contribution in [1.82, 2.24) is 4.98 Å². The van der Waals surface area contributed by atoms with Crippen LogP contribution in [0.15, 0.2) is 35.2 Å². The molecule has 0 saturated carbocycles. The number of benzene rings is 1. The summed E-state index contributed by atoms with van der Waals surface area (Å²) in [7, 11) is 0. The Bertz CT molecular complexity index is 440. The van der Waals surface area contributed by atoms with E-state index in [1.165, 1.54) is 0 Å². The smallest absolute Gasteiger partial charge is 0.137 e. The Morgan fingerprint density at radius 1 is 1.31 bits per heavy atom. The van der Waals surface area contributed by atoms with E-state index in [4.69, 9.17) is 5.73 Å². The van der Waals surface area contributed by atoms with Gasteiger partial charge < -0.3 is 5.73 Å². The molecular formula is C10H10N2S. The molecule has 0 aliphatic carbocycles. The fourth-order valence-corrected chi connectivity index (χ4v) is 1.77. The molecule has 0 saturated heterocycles. The molecule has 1 aromatic carbocycles. The lowest BCUT2D eigenvalue weighted by Crippen LogP contribution is -1.93. The molecule has 0 radical (unpaired) electrons. The van der Waals surface area contributed by atoms with Crippen molar-refractivity contribution < 1.29 is 0 Å². The third kappa shape index (κ3) is 1.47. The first-order valence-electron chi connectivity index (χ1n) is 4.00. The number of nitrogens with zero attached hydrogens (tertiary/aromatic N) is 1. The zero-order valence-electron chi connectivity index (χ0n) is 7.32. The van der Waals surface area contributed by atoms with Crippen molar-refractivity contribution in [2.24, 2.45) is 0 Å². The van der Waals surface area contributed by atoms with Crippen LogP contribution in [0.2, 0.25) is 0 Å². The molecule has 0 bridgehead atoms. The summed E-state index contributed by atoms with van der Waals surface area (Å²) in [5.41, 5.74) is 6.72. The molecule has 2 N–H and O–H groups in total. The Morgan fingerprint density at radius 2 is 2.08 bits per heavy atom. The molecule has 2 rings (SSSR count). The average Bonchev–Trinajstić information content (AvgIpc) is 2.17. The van der Waals surface area contributed by atoms with Gasteiger partial charge >= 0.3 is 0 Å². The van der Waals surface area contributed by atoms with Crippen LogP contribution in [-0.4, -0.2) is 11.2 Å². The number of thioether (sulfide) groups is 1. The minimum atomic E-state index is 0.617. The third-order valence-electron chi connectivity index (χ3n) is 1.94. The number of fused-ring (bicyclic) bond motifs is 1. The van der Waals surface area contributed by atoms with Crippen LogP contribution in [0.25, 0.3) is 10.9 Å². The first-order chi connectivity index (χ1) is 6.31. The largest absolute Gasteiger partial charge is 0.383 e. The van der Waals surface area contributed by atoms with Gasteiger partial charge in [-0.1, -0.05) is 18.2 Å². The lowest BCUT2D eigenvalue weighted by Gasteiger charge is -2.03. The second kappa shape index (κ2) is 3.26. The highest BCUT2D eigenvalue weighted by atomic mass is 32.2. The predicted octanol–water partition coefficient (Wildman–Crippen LogP) is 2.54. The maximum absolute atomic E-state index is 5.77. The Morgan fingerprint density at radius 3 is 2.85 bits per heavy atom. The number of rotatable bonds is 1. The summed E-state index contributed by atoms with van der Waals surface area (Å²) in [6, 6.07) is 10.1. The molecule has 0 spiro atoms. The minimum Gasteiger partial charge on any atom is -0.383 e. The van der Waals surface area contributed by atoms with Crippen molar-refractivity contribution in [2.45, 2.75) is 4.90 Å². The summed E-state index contributed by atoms with van der Waals surface area (Å²) in [5, 5.41) is 1.14. The van der Waals surface area contributed by atoms with Gasteiger partial charge in [0.15, 0.2) is 0 Å². The third-order valence-corrected chi connectivity index (χ3v) is 2.70. The second-order valence-corrected chi connectivity index (χ2v) is 3.62. The van der Waals surface area contributed by atoms with Gasteiger partial charge in [0.2, 0.25) is 0 Å². The zero-order valence-corrected chi connectivity index (χ0v) is 8.14. The summed E-state index contributed by atoms with van der Waals surface area (Å²) in [5.74, 6) is 0.617. The zero-order chi connectivity index (χ0) is 9.26. The van der Waals surface area contributed by atoms with Crippen LogP contribution in [0, 0.1) is 0 Å². The topological polar surface area (TPSA) is 38.9 Å². The summed E-state index contributed by atoms with van der Waals surface area (Å²) in [6.07, 6.45) is 2.00. The molecule has 0 amide bonds. The molecule has 0 atom stereocenters. The van der Waals surface area contributed by atoms with Crippen LogP contribution in [0.5, 0.6) is 0 Å². The summed E-state index contributed by atoms with van der Waals surface area (Å²) in [4.78, 5) is 5.34. The quantitative estimate of drug-likeness (QED) is 0.702. The molecule has 13 heavy (non-hydrogen) atoms. The van der Waals surface area contributed by atoms with Gasteiger partial charge in [0.25, 0.3) is 0 Å². The number of anilines is 1. The van der Waals surface area contributed by atoms with E-state index in [-0.39, 0.29) is 0 Å². The molecule has 2 aromatic rings. The molecule has 0 unspecified atom stereocenters. The molecule has 1 aromatic heterocycles. The first-order valence-corrected chi connectivity index (χ1v) is 5.23. The van der Waals surface area contributed by atoms with E-state index in [2.05, 4.69) is 11.1 Å². The van der Waals surface area contributed by atoms with Crippen molar-refractivity contribution in [2.75, 3.05) is 12.0 Å². The number of pyridine rings is 1. The standard InChI is InChI=1S/C10H10N2S/c1-13-9-6-7-4-2-3-5-8(7)12-10(9)11/h2-6H,1H3,(H2,11,12). The molecule has 0 aliphatic heterocycles. The highest BCUT2D eigenvalue weighted by molar-refractivity contribution is 7.98. The van der Waals surface area contributed by atoms with E-state index in [0.29, 0.717) is 5.82 Å². The monoisotopic (exact) mass is 190 g/mol. The number of nitrogens with two attached hydrogens (primary N) is 1. The fraction of sp³-hybridized carbons (Fsp3) is 0.100. The number of hydrogen-bond donors (Lipinski definition) is 1. The average molecular weight is 190 g/mol. The van der Waals surface area contributed by atoms with Crippen LogP contribution in [0.3, 0.4) is 0 Å². The number of nitrogen functional groups attached to an aromatic ring is 1. The lowest BCUT2D eigenvalue weighted by molar-refractivity contribution is 1.32. The van der Waals surface area contributed by atoms with Crippen LogP contribution in [0.4, 0.5) is 5.82 Å². The lowest BCUT2D eigenvalue weighted by atomic mass is 10.2. The van der Waals surface area contributed by atoms with Crippen LogP contribution in [-0.2, 0) is 0 Å². The van der Waals surface area contributed by atoms with Gasteiger partial charge in [-0.2, -0.15) is 0 Å². The SMILES string of the molecule is CSc1cc2ccccc2nc1N. The second-order valence-electron chi connectivity index (χ2n) is 2.77. The number of aromatic nitrogens is 1. The minimum absolute atomic E-state index is 0.617. The van der Waals surface area contributed by atoms with E-state index < -0.39 is 0 Å². The van der Waals surface area contributed by atoms with E-state index >= 15 is 0 Å². The highest BCUT2D eigenvalue weighted by Gasteiger charge is 2.01. The van der Waals surface area contributed by atoms with Crippen molar-refractivity contribution in [1.29, 1.82) is 0 Å². The van der Waals surface area contributed by atoms with Gasteiger partial charge in [-0.05, 0) is 18.4 Å². The molecular weight excluding hydrogens is 180 g/mol. The molecule has 1 heterocycles. The Balaban J connectivity index is 2.74. The Kier molecular flexibility index (Phi) is 2.10. The molecule has 0 aliphatic rings. The van der Waals surface area contributed by atoms with Crippen molar-refractivity contribution in [3.05, 3.63) is 30.3 Å². The fourth-order valence-electron chi connectivity index (χ4n) is 1.27. The van der Waals surface area contributed by atoms with Crippen LogP contribution >= 0.6 is 11.8 Å². The van der Waals surface area contributed by atoms with Crippen LogP contribution < -0.4 is 5.73 Å². The predicted molar refractivity (Wildman–Crippen MR) is 57.9 cm³/mol. The van der Waals surface area contributed by atoms with Gasteiger partial charge in [0.1, 0.15) is 5.82 Å². The first kappa shape index (κ1) is 8.38. The van der Waals surface area contributed by atoms with Crippen LogP contribution in [0.1, 0.15) is 0 Å². The summed E-state index contributed by atoms with van der Waals surface area (Å²) >= 11 is 1.62. The molecule has 66 valence electrons. The maximum Gasteiger partial charge on any atom is 0.137 e. The van der Waals surface area contributed by atoms with Gasteiger partial charge in [-0.15, -0.1) is 11.8 Å². The molecule has 0 fully saturated rings. The van der Waals surface area contributed by atoms with Crippen molar-refractivity contribution in [3.63, 3.8) is 0 Å². The highest BCUT2D eigenvalue weighted by Crippen LogP contribution is 2.25. The Labute approximate surface area is 81.2 Å². The van der Waals surface area contributed by atoms with Gasteiger partial charge in [-0.3, -0.25) is 0 Å². The van der Waals surface area contributed by atoms with Gasteiger partial charge in [0, 0.05) is 10.3 Å². The van der Waals surface area contributed by atoms with E-state index in [9.17, 15) is 0 Å².